The molecule has 0 fully saturated rings. The Morgan fingerprint density at radius 1 is 1.00 bits per heavy atom. The lowest BCUT2D eigenvalue weighted by Gasteiger charge is -2.02. The van der Waals surface area contributed by atoms with Gasteiger partial charge >= 0.3 is 0 Å². The summed E-state index contributed by atoms with van der Waals surface area (Å²) in [7, 11) is 0. The van der Waals surface area contributed by atoms with Crippen LogP contribution in [0.5, 0.6) is 0 Å². The van der Waals surface area contributed by atoms with Crippen LogP contribution in [0.2, 0.25) is 0 Å². The van der Waals surface area contributed by atoms with E-state index < -0.39 is 0 Å². The summed E-state index contributed by atoms with van der Waals surface area (Å²) in [6, 6.07) is 5.52. The maximum atomic E-state index is 12.3. The Bertz CT molecular complexity index is 571. The van der Waals surface area contributed by atoms with Crippen molar-refractivity contribution >= 4 is 80.8 Å². The molecular weight excluding hydrogens is 500 g/mol. The Kier molecular flexibility index (Phi) is 4.63. The van der Waals surface area contributed by atoms with E-state index in [0.29, 0.717) is 10.4 Å². The Hall–Kier alpha value is 0.510. The van der Waals surface area contributed by atoms with Crippen LogP contribution in [0.25, 0.3) is 0 Å². The van der Waals surface area contributed by atoms with E-state index >= 15 is 0 Å². The molecule has 0 aliphatic rings. The summed E-state index contributed by atoms with van der Waals surface area (Å²) in [4.78, 5) is 13.0. The minimum absolute atomic E-state index is 0.00887. The topological polar surface area (TPSA) is 17.1 Å². The van der Waals surface area contributed by atoms with Crippen LogP contribution in [-0.2, 0) is 0 Å². The summed E-state index contributed by atoms with van der Waals surface area (Å²) in [5.74, 6) is 0.00887. The molecule has 88 valence electrons. The number of carbonyl (C=O) groups is 1. The molecule has 0 N–H and O–H groups in total. The van der Waals surface area contributed by atoms with Gasteiger partial charge in [-0.2, -0.15) is 0 Å². The summed E-state index contributed by atoms with van der Waals surface area (Å²) in [5, 5.41) is 1.89. The highest BCUT2D eigenvalue weighted by atomic mass is 79.9. The van der Waals surface area contributed by atoms with Gasteiger partial charge in [0, 0.05) is 24.4 Å². The van der Waals surface area contributed by atoms with Crippen LogP contribution in [0, 0.1) is 0 Å². The van der Waals surface area contributed by atoms with E-state index in [4.69, 9.17) is 0 Å². The molecule has 17 heavy (non-hydrogen) atoms. The van der Waals surface area contributed by atoms with Gasteiger partial charge < -0.3 is 0 Å². The second-order valence-corrected chi connectivity index (χ2v) is 7.57. The molecule has 0 aliphatic heterocycles. The molecule has 1 nitrogen and oxygen atoms in total. The first-order valence-corrected chi connectivity index (χ1v) is 8.47. The average molecular weight is 504 g/mol. The zero-order chi connectivity index (χ0) is 12.6. The fourth-order valence-corrected chi connectivity index (χ4v) is 4.70. The Morgan fingerprint density at radius 3 is 2.06 bits per heavy atom. The third-order valence-electron chi connectivity index (χ3n) is 2.02. The first-order chi connectivity index (χ1) is 7.99. The van der Waals surface area contributed by atoms with Crippen molar-refractivity contribution in [2.24, 2.45) is 0 Å². The Morgan fingerprint density at radius 2 is 1.59 bits per heavy atom. The van der Waals surface area contributed by atoms with Crippen LogP contribution in [0.4, 0.5) is 0 Å². The van der Waals surface area contributed by atoms with E-state index in [-0.39, 0.29) is 5.78 Å². The Balaban J connectivity index is 2.47. The molecule has 0 unspecified atom stereocenters. The fraction of sp³-hybridized carbons (Fsp3) is 0. The molecule has 0 amide bonds. The molecule has 0 bridgehead atoms. The van der Waals surface area contributed by atoms with E-state index in [2.05, 4.69) is 63.7 Å². The normalized spacial score (nSPS) is 10.6. The quantitative estimate of drug-likeness (QED) is 0.457. The van der Waals surface area contributed by atoms with Gasteiger partial charge in [0.2, 0.25) is 5.78 Å². The van der Waals surface area contributed by atoms with Gasteiger partial charge in [-0.25, -0.2) is 0 Å². The average Bonchev–Trinajstić information content (AvgIpc) is 2.57. The summed E-state index contributed by atoms with van der Waals surface area (Å²) in [6.45, 7) is 0. The van der Waals surface area contributed by atoms with Crippen molar-refractivity contribution in [1.82, 2.24) is 0 Å². The summed E-state index contributed by atoms with van der Waals surface area (Å²) < 4.78 is 3.47. The molecule has 2 rings (SSSR count). The van der Waals surface area contributed by atoms with E-state index in [1.54, 1.807) is 0 Å². The zero-order valence-corrected chi connectivity index (χ0v) is 15.3. The summed E-state index contributed by atoms with van der Waals surface area (Å²) >= 11 is 15.0. The largest absolute Gasteiger partial charge is 0.288 e. The maximum absolute atomic E-state index is 12.3. The van der Waals surface area contributed by atoms with Crippen LogP contribution in [0.3, 0.4) is 0 Å². The highest BCUT2D eigenvalue weighted by molar-refractivity contribution is 9.13. The molecule has 0 spiro atoms. The fourth-order valence-electron chi connectivity index (χ4n) is 1.29. The molecule has 0 atom stereocenters. The van der Waals surface area contributed by atoms with Gasteiger partial charge in [-0.15, -0.1) is 11.3 Å². The molecule has 1 aromatic carbocycles. The van der Waals surface area contributed by atoms with E-state index in [1.165, 1.54) is 11.3 Å². The molecule has 1 heterocycles. The van der Waals surface area contributed by atoms with Crippen molar-refractivity contribution in [3.05, 3.63) is 51.9 Å². The van der Waals surface area contributed by atoms with Crippen molar-refractivity contribution in [1.29, 1.82) is 0 Å². The number of carbonyl (C=O) groups excluding carboxylic acids is 1. The molecule has 1 aromatic heterocycles. The number of ketones is 1. The molecule has 0 radical (unpaired) electrons. The smallest absolute Gasteiger partial charge is 0.204 e. The van der Waals surface area contributed by atoms with E-state index in [9.17, 15) is 4.79 Å². The monoisotopic (exact) mass is 500 g/mol. The molecule has 6 heteroatoms. The predicted molar refractivity (Wildman–Crippen MR) is 85.0 cm³/mol. The van der Waals surface area contributed by atoms with Gasteiger partial charge in [-0.05, 0) is 50.1 Å². The number of rotatable bonds is 2. The van der Waals surface area contributed by atoms with Crippen LogP contribution in [0.1, 0.15) is 15.2 Å². The SMILES string of the molecule is O=C(c1cc(Br)cc(Br)c1)c1scc(Br)c1Br. The highest BCUT2D eigenvalue weighted by Gasteiger charge is 2.17. The standard InChI is InChI=1S/C11H4Br4OS/c12-6-1-5(2-7(13)3-6)10(16)11-9(15)8(14)4-17-11/h1-4H. The van der Waals surface area contributed by atoms with Gasteiger partial charge in [-0.1, -0.05) is 31.9 Å². The molecule has 0 saturated heterocycles. The minimum Gasteiger partial charge on any atom is -0.288 e. The van der Waals surface area contributed by atoms with Crippen LogP contribution in [0.15, 0.2) is 41.5 Å². The van der Waals surface area contributed by atoms with Gasteiger partial charge in [0.05, 0.1) is 9.35 Å². The lowest BCUT2D eigenvalue weighted by atomic mass is 10.1. The third-order valence-corrected chi connectivity index (χ3v) is 6.46. The van der Waals surface area contributed by atoms with Gasteiger partial charge in [0.1, 0.15) is 0 Å². The van der Waals surface area contributed by atoms with Crippen molar-refractivity contribution in [3.8, 4) is 0 Å². The van der Waals surface area contributed by atoms with Crippen molar-refractivity contribution in [3.63, 3.8) is 0 Å². The first-order valence-electron chi connectivity index (χ1n) is 4.42. The van der Waals surface area contributed by atoms with Gasteiger partial charge in [0.25, 0.3) is 0 Å². The summed E-state index contributed by atoms with van der Waals surface area (Å²) in [6.07, 6.45) is 0. The molecule has 2 aromatic rings. The van der Waals surface area contributed by atoms with Crippen LogP contribution in [-0.4, -0.2) is 5.78 Å². The second kappa shape index (κ2) is 5.65. The number of halogens is 4. The van der Waals surface area contributed by atoms with Crippen LogP contribution >= 0.6 is 75.1 Å². The third kappa shape index (κ3) is 3.10. The van der Waals surface area contributed by atoms with Crippen LogP contribution < -0.4 is 0 Å². The molecule has 0 aliphatic carbocycles. The molecular formula is C11H4Br4OS. The summed E-state index contributed by atoms with van der Waals surface area (Å²) in [5.41, 5.74) is 0.654. The maximum Gasteiger partial charge on any atom is 0.204 e. The predicted octanol–water partition coefficient (Wildman–Crippen LogP) is 6.03. The Labute approximate surface area is 136 Å². The van der Waals surface area contributed by atoms with Crippen molar-refractivity contribution in [2.45, 2.75) is 0 Å². The van der Waals surface area contributed by atoms with Crippen molar-refractivity contribution in [2.75, 3.05) is 0 Å². The van der Waals surface area contributed by atoms with E-state index in [0.717, 1.165) is 17.9 Å². The number of hydrogen-bond acceptors (Lipinski definition) is 2. The van der Waals surface area contributed by atoms with Crippen molar-refractivity contribution < 1.29 is 4.79 Å². The number of benzene rings is 1. The highest BCUT2D eigenvalue weighted by Crippen LogP contribution is 2.34. The van der Waals surface area contributed by atoms with E-state index in [1.807, 2.05) is 23.6 Å². The van der Waals surface area contributed by atoms with Gasteiger partial charge in [-0.3, -0.25) is 4.79 Å². The zero-order valence-electron chi connectivity index (χ0n) is 8.14. The second-order valence-electron chi connectivity index (χ2n) is 3.21. The lowest BCUT2D eigenvalue weighted by Crippen LogP contribution is -1.99. The number of hydrogen-bond donors (Lipinski definition) is 0. The van der Waals surface area contributed by atoms with Gasteiger partial charge in [0.15, 0.2) is 0 Å². The minimum atomic E-state index is 0.00887. The first kappa shape index (κ1) is 13.9. The molecule has 0 saturated carbocycles. The number of thiophene rings is 1. The lowest BCUT2D eigenvalue weighted by molar-refractivity contribution is 0.104.